The summed E-state index contributed by atoms with van der Waals surface area (Å²) in [6, 6.07) is 35.6. The van der Waals surface area contributed by atoms with Gasteiger partial charge < -0.3 is 21.1 Å². The molecule has 0 saturated heterocycles. The number of alkyl halides is 6. The number of ether oxygens (including phenoxy) is 1. The second kappa shape index (κ2) is 23.7. The van der Waals surface area contributed by atoms with Crippen LogP contribution in [0.15, 0.2) is 152 Å². The lowest BCUT2D eigenvalue weighted by atomic mass is 10.1. The van der Waals surface area contributed by atoms with Crippen molar-refractivity contribution in [3.8, 4) is 5.75 Å². The quantitative estimate of drug-likeness (QED) is 0.0469. The first-order valence-electron chi connectivity index (χ1n) is 22.3. The fraction of sp³-hybridized carbons (Fsp3) is 0.231. The van der Waals surface area contributed by atoms with Gasteiger partial charge in [0.1, 0.15) is 17.4 Å². The minimum atomic E-state index is -4.53. The van der Waals surface area contributed by atoms with E-state index in [4.69, 9.17) is 20.4 Å². The van der Waals surface area contributed by atoms with Crippen LogP contribution in [0, 0.1) is 0 Å². The molecule has 0 aliphatic rings. The zero-order valence-electron chi connectivity index (χ0n) is 37.8. The number of anilines is 2. The SMILES string of the molecule is NCCCCOc1cc(CN(Cc2ccccn2)Cc2cccc(NC(=O)c3ccc(C(F)(F)F)cc3)n2)cc(CN(Cc2ccccn2)Cc2cccc(NC(=O)c3ccc(C(F)(F)F)cc3)n2)c1. The highest BCUT2D eigenvalue weighted by atomic mass is 19.4. The lowest BCUT2D eigenvalue weighted by Crippen LogP contribution is -2.25. The van der Waals surface area contributed by atoms with E-state index >= 15 is 0 Å². The smallest absolute Gasteiger partial charge is 0.416 e. The average molecular weight is 962 g/mol. The number of carbonyl (C=O) groups excluding carboxylic acids is 2. The van der Waals surface area contributed by atoms with Gasteiger partial charge in [0.05, 0.1) is 40.5 Å². The third kappa shape index (κ3) is 15.2. The number of hydrogen-bond acceptors (Lipinski definition) is 10. The van der Waals surface area contributed by atoms with Crippen molar-refractivity contribution in [2.75, 3.05) is 23.8 Å². The summed E-state index contributed by atoms with van der Waals surface area (Å²) in [5.41, 5.74) is 8.81. The van der Waals surface area contributed by atoms with Crippen LogP contribution >= 0.6 is 0 Å². The van der Waals surface area contributed by atoms with Gasteiger partial charge in [0.2, 0.25) is 0 Å². The molecule has 4 aromatic heterocycles. The minimum Gasteiger partial charge on any atom is -0.494 e. The summed E-state index contributed by atoms with van der Waals surface area (Å²) in [6.45, 7) is 3.28. The Kier molecular flexibility index (Phi) is 17.0. The molecule has 3 aromatic carbocycles. The van der Waals surface area contributed by atoms with E-state index in [1.807, 2.05) is 60.7 Å². The van der Waals surface area contributed by atoms with E-state index in [-0.39, 0.29) is 22.8 Å². The van der Waals surface area contributed by atoms with Crippen molar-refractivity contribution in [3.63, 3.8) is 0 Å². The normalized spacial score (nSPS) is 11.7. The summed E-state index contributed by atoms with van der Waals surface area (Å²) >= 11 is 0. The van der Waals surface area contributed by atoms with Crippen LogP contribution in [0.2, 0.25) is 0 Å². The number of hydrogen-bond donors (Lipinski definition) is 3. The molecule has 2 amide bonds. The first kappa shape index (κ1) is 50.3. The molecule has 4 heterocycles. The molecule has 0 aliphatic carbocycles. The summed E-state index contributed by atoms with van der Waals surface area (Å²) in [5, 5.41) is 5.40. The first-order valence-corrected chi connectivity index (χ1v) is 22.3. The van der Waals surface area contributed by atoms with Crippen LogP contribution in [-0.4, -0.2) is 54.7 Å². The number of pyridine rings is 4. The standard InChI is InChI=1S/C52H49F6N9O3/c53-51(54,55)40-19-15-38(16-20-40)49(68)64-47-13-7-11-44(62-47)34-66(32-42-9-1-4-24-60-42)30-36-27-37(29-46(28-36)70-26-6-3-23-59)31-67(33-43-10-2-5-25-61-43)35-45-12-8-14-48(63-45)65-50(69)39-17-21-41(22-18-39)52(56,57)58/h1-2,4-5,7-22,24-25,27-29H,3,6,23,26,30-35,59H2,(H,62,64,68)(H,63,65,69). The molecule has 0 unspecified atom stereocenters. The molecule has 0 bridgehead atoms. The maximum absolute atomic E-state index is 13.1. The van der Waals surface area contributed by atoms with Gasteiger partial charge in [0.15, 0.2) is 0 Å². The molecule has 0 atom stereocenters. The van der Waals surface area contributed by atoms with Crippen LogP contribution in [0.1, 0.15) is 78.6 Å². The number of unbranched alkanes of at least 4 members (excludes halogenated alkanes) is 1. The van der Waals surface area contributed by atoms with Crippen molar-refractivity contribution in [1.29, 1.82) is 0 Å². The van der Waals surface area contributed by atoms with Gasteiger partial charge in [-0.1, -0.05) is 30.3 Å². The summed E-state index contributed by atoms with van der Waals surface area (Å²) in [6.07, 6.45) is -4.10. The van der Waals surface area contributed by atoms with Gasteiger partial charge in [0.25, 0.3) is 11.8 Å². The van der Waals surface area contributed by atoms with E-state index in [0.717, 1.165) is 83.9 Å². The predicted molar refractivity (Wildman–Crippen MR) is 252 cm³/mol. The predicted octanol–water partition coefficient (Wildman–Crippen LogP) is 10.3. The molecule has 7 rings (SSSR count). The van der Waals surface area contributed by atoms with Crippen molar-refractivity contribution in [1.82, 2.24) is 29.7 Å². The molecule has 0 spiro atoms. The van der Waals surface area contributed by atoms with E-state index in [1.54, 1.807) is 36.7 Å². The Balaban J connectivity index is 1.13. The van der Waals surface area contributed by atoms with Gasteiger partial charge in [0, 0.05) is 62.8 Å². The summed E-state index contributed by atoms with van der Waals surface area (Å²) in [5.74, 6) is -0.112. The summed E-state index contributed by atoms with van der Waals surface area (Å²) in [4.78, 5) is 48.9. The van der Waals surface area contributed by atoms with Gasteiger partial charge in [-0.2, -0.15) is 26.3 Å². The maximum Gasteiger partial charge on any atom is 0.416 e. The number of nitrogens with zero attached hydrogens (tertiary/aromatic N) is 6. The van der Waals surface area contributed by atoms with Crippen LogP contribution in [0.25, 0.3) is 0 Å². The van der Waals surface area contributed by atoms with Crippen molar-refractivity contribution in [3.05, 3.63) is 208 Å². The second-order valence-electron chi connectivity index (χ2n) is 16.3. The highest BCUT2D eigenvalue weighted by Gasteiger charge is 2.31. The largest absolute Gasteiger partial charge is 0.494 e. The highest BCUT2D eigenvalue weighted by molar-refractivity contribution is 6.04. The number of benzene rings is 3. The van der Waals surface area contributed by atoms with E-state index < -0.39 is 35.3 Å². The van der Waals surface area contributed by atoms with Gasteiger partial charge in [-0.25, -0.2) is 9.97 Å². The molecule has 70 heavy (non-hydrogen) atoms. The first-order chi connectivity index (χ1) is 33.7. The van der Waals surface area contributed by atoms with Crippen LogP contribution in [0.3, 0.4) is 0 Å². The average Bonchev–Trinajstić information content (AvgIpc) is 3.33. The number of nitrogens with two attached hydrogens (primary N) is 1. The van der Waals surface area contributed by atoms with Crippen molar-refractivity contribution >= 4 is 23.5 Å². The van der Waals surface area contributed by atoms with Gasteiger partial charge >= 0.3 is 12.4 Å². The molecule has 4 N–H and O–H groups in total. The van der Waals surface area contributed by atoms with Gasteiger partial charge in [-0.15, -0.1) is 0 Å². The molecule has 18 heteroatoms. The number of carbonyl (C=O) groups is 2. The molecule has 0 fully saturated rings. The summed E-state index contributed by atoms with van der Waals surface area (Å²) in [7, 11) is 0. The maximum atomic E-state index is 13.1. The lowest BCUT2D eigenvalue weighted by molar-refractivity contribution is -0.138. The third-order valence-corrected chi connectivity index (χ3v) is 10.7. The Morgan fingerprint density at radius 2 is 0.943 bits per heavy atom. The zero-order valence-corrected chi connectivity index (χ0v) is 37.8. The number of nitrogens with one attached hydrogen (secondary N) is 2. The molecule has 362 valence electrons. The van der Waals surface area contributed by atoms with Crippen LogP contribution in [-0.2, 0) is 51.6 Å². The number of aromatic nitrogens is 4. The molecular weight excluding hydrogens is 913 g/mol. The second-order valence-corrected chi connectivity index (χ2v) is 16.3. The molecule has 7 aromatic rings. The van der Waals surface area contributed by atoms with Gasteiger partial charge in [-0.3, -0.25) is 29.4 Å². The van der Waals surface area contributed by atoms with E-state index in [2.05, 4.69) is 36.5 Å². The number of halogens is 6. The molecule has 0 saturated carbocycles. The fourth-order valence-electron chi connectivity index (χ4n) is 7.46. The molecule has 0 aliphatic heterocycles. The van der Waals surface area contributed by atoms with Crippen molar-refractivity contribution in [2.45, 2.75) is 64.5 Å². The Bertz CT molecular complexity index is 2620. The fourth-order valence-corrected chi connectivity index (χ4v) is 7.46. The molecule has 12 nitrogen and oxygen atoms in total. The Morgan fingerprint density at radius 1 is 0.514 bits per heavy atom. The Hall–Kier alpha value is -7.54. The zero-order chi connectivity index (χ0) is 49.5. The number of rotatable bonds is 21. The third-order valence-electron chi connectivity index (χ3n) is 10.7. The monoisotopic (exact) mass is 961 g/mol. The lowest BCUT2D eigenvalue weighted by Gasteiger charge is -2.25. The van der Waals surface area contributed by atoms with Crippen LogP contribution < -0.4 is 21.1 Å². The summed E-state index contributed by atoms with van der Waals surface area (Å²) < 4.78 is 85.2. The van der Waals surface area contributed by atoms with E-state index in [9.17, 15) is 35.9 Å². The van der Waals surface area contributed by atoms with Gasteiger partial charge in [-0.05, 0) is 140 Å². The topological polar surface area (TPSA) is 151 Å². The Morgan fingerprint density at radius 3 is 1.34 bits per heavy atom. The highest BCUT2D eigenvalue weighted by Crippen LogP contribution is 2.31. The van der Waals surface area contributed by atoms with Crippen molar-refractivity contribution < 1.29 is 40.7 Å². The molecule has 0 radical (unpaired) electrons. The minimum absolute atomic E-state index is 0.0459. The number of amides is 2. The van der Waals surface area contributed by atoms with Crippen LogP contribution in [0.5, 0.6) is 5.75 Å². The van der Waals surface area contributed by atoms with Crippen molar-refractivity contribution in [2.24, 2.45) is 5.73 Å². The van der Waals surface area contributed by atoms with E-state index in [0.29, 0.717) is 69.6 Å². The van der Waals surface area contributed by atoms with Crippen LogP contribution in [0.4, 0.5) is 38.0 Å². The molecular formula is C52H49F6N9O3. The van der Waals surface area contributed by atoms with E-state index in [1.165, 1.54) is 0 Å². The Labute approximate surface area is 400 Å².